The summed E-state index contributed by atoms with van der Waals surface area (Å²) in [5.41, 5.74) is 3.70. The number of halogens is 1. The Morgan fingerprint density at radius 1 is 0.897 bits per heavy atom. The number of carbonyl (C=O) groups excluding carboxylic acids is 1. The van der Waals surface area contributed by atoms with Gasteiger partial charge in [0.15, 0.2) is 9.84 Å². The number of anilines is 1. The number of carbonyl (C=O) groups is 1. The number of nitrogens with zero attached hydrogens (tertiary/aromatic N) is 2. The Balaban J connectivity index is 1.48. The van der Waals surface area contributed by atoms with Crippen LogP contribution in [0.3, 0.4) is 0 Å². The fraction of sp³-hybridized carbons (Fsp3) is 0.0714. The largest absolute Gasteiger partial charge is 0.322 e. The van der Waals surface area contributed by atoms with Gasteiger partial charge < -0.3 is 9.72 Å². The highest BCUT2D eigenvalue weighted by Crippen LogP contribution is 2.29. The zero-order valence-corrected chi connectivity index (χ0v) is 23.2. The van der Waals surface area contributed by atoms with E-state index in [1.165, 1.54) is 36.4 Å². The average molecular weight is 580 g/mol. The molecule has 0 aliphatic carbocycles. The number of sulfone groups is 2. The van der Waals surface area contributed by atoms with E-state index in [-0.39, 0.29) is 15.4 Å². The second kappa shape index (κ2) is 9.96. The predicted molar refractivity (Wildman–Crippen MR) is 150 cm³/mol. The van der Waals surface area contributed by atoms with Crippen LogP contribution in [0.1, 0.15) is 15.9 Å². The number of imidazole rings is 1. The van der Waals surface area contributed by atoms with Gasteiger partial charge in [0.1, 0.15) is 5.65 Å². The lowest BCUT2D eigenvalue weighted by atomic mass is 10.1. The van der Waals surface area contributed by atoms with Crippen molar-refractivity contribution in [3.05, 3.63) is 107 Å². The van der Waals surface area contributed by atoms with Crippen LogP contribution in [0.2, 0.25) is 5.02 Å². The van der Waals surface area contributed by atoms with Crippen LogP contribution in [0, 0.1) is 6.92 Å². The van der Waals surface area contributed by atoms with E-state index in [1.54, 1.807) is 24.3 Å². The average Bonchev–Trinajstić information content (AvgIpc) is 3.34. The number of aryl methyl sites for hydroxylation is 1. The molecule has 5 rings (SSSR count). The molecular weight excluding hydrogens is 558 g/mol. The van der Waals surface area contributed by atoms with Gasteiger partial charge in [0.25, 0.3) is 5.91 Å². The molecule has 0 aliphatic rings. The zero-order chi connectivity index (χ0) is 27.9. The minimum atomic E-state index is -4.26. The minimum Gasteiger partial charge on any atom is -0.322 e. The molecule has 0 saturated carbocycles. The van der Waals surface area contributed by atoms with Crippen LogP contribution < -0.4 is 5.32 Å². The maximum absolute atomic E-state index is 13.5. The summed E-state index contributed by atoms with van der Waals surface area (Å²) in [6.07, 6.45) is 4.79. The van der Waals surface area contributed by atoms with Crippen LogP contribution in [0.4, 0.5) is 5.69 Å². The quantitative estimate of drug-likeness (QED) is 0.286. The van der Waals surface area contributed by atoms with E-state index in [0.717, 1.165) is 34.8 Å². The molecule has 39 heavy (non-hydrogen) atoms. The van der Waals surface area contributed by atoms with Crippen LogP contribution in [0.5, 0.6) is 0 Å². The summed E-state index contributed by atoms with van der Waals surface area (Å²) in [5, 5.41) is 3.04. The topological polar surface area (TPSA) is 115 Å². The maximum Gasteiger partial charge on any atom is 0.257 e. The first-order valence-electron chi connectivity index (χ1n) is 11.6. The number of amides is 1. The van der Waals surface area contributed by atoms with E-state index >= 15 is 0 Å². The fourth-order valence-corrected chi connectivity index (χ4v) is 6.43. The highest BCUT2D eigenvalue weighted by Gasteiger charge is 2.27. The summed E-state index contributed by atoms with van der Waals surface area (Å²) in [4.78, 5) is 17.2. The van der Waals surface area contributed by atoms with Crippen molar-refractivity contribution in [1.29, 1.82) is 0 Å². The first kappa shape index (κ1) is 26.6. The van der Waals surface area contributed by atoms with E-state index in [9.17, 15) is 21.6 Å². The van der Waals surface area contributed by atoms with Gasteiger partial charge in [-0.1, -0.05) is 29.8 Å². The van der Waals surface area contributed by atoms with E-state index < -0.39 is 30.5 Å². The molecule has 0 unspecified atom stereocenters. The van der Waals surface area contributed by atoms with Crippen LogP contribution in [-0.4, -0.2) is 38.4 Å². The third-order valence-electron chi connectivity index (χ3n) is 6.16. The number of benzene rings is 3. The predicted octanol–water partition coefficient (Wildman–Crippen LogP) is 5.45. The van der Waals surface area contributed by atoms with Gasteiger partial charge in [-0.2, -0.15) is 0 Å². The highest BCUT2D eigenvalue weighted by molar-refractivity contribution is 7.92. The highest BCUT2D eigenvalue weighted by atomic mass is 35.5. The molecule has 0 spiro atoms. The number of aromatic nitrogens is 2. The summed E-state index contributed by atoms with van der Waals surface area (Å²) < 4.78 is 53.2. The summed E-state index contributed by atoms with van der Waals surface area (Å²) in [5.74, 6) is -0.710. The van der Waals surface area contributed by atoms with Gasteiger partial charge in [0.2, 0.25) is 9.84 Å². The van der Waals surface area contributed by atoms with Gasteiger partial charge in [-0.3, -0.25) is 4.79 Å². The first-order valence-corrected chi connectivity index (χ1v) is 15.4. The Morgan fingerprint density at radius 3 is 2.21 bits per heavy atom. The SMILES string of the molecule is Cc1cccn2cc(-c3ccc(NC(=O)c4ccc(S(C)(=O)=O)cc4S(=O)(=O)c4ccc(Cl)cc4)cc3)nc12. The van der Waals surface area contributed by atoms with Crippen molar-refractivity contribution in [2.75, 3.05) is 11.6 Å². The standard InChI is InChI=1S/C28H22ClN3O5S2/c1-18-4-3-15-32-17-25(31-27(18)32)19-5-9-21(10-6-19)30-28(33)24-14-13-23(38(2,34)35)16-26(24)39(36,37)22-11-7-20(29)8-12-22/h3-17H,1-2H3,(H,30,33). The number of pyridine rings is 1. The summed E-state index contributed by atoms with van der Waals surface area (Å²) in [6.45, 7) is 1.98. The van der Waals surface area contributed by atoms with E-state index in [2.05, 4.69) is 10.3 Å². The summed E-state index contributed by atoms with van der Waals surface area (Å²) in [7, 11) is -8.00. The second-order valence-corrected chi connectivity index (χ2v) is 13.3. The van der Waals surface area contributed by atoms with Crippen LogP contribution in [-0.2, 0) is 19.7 Å². The van der Waals surface area contributed by atoms with Gasteiger partial charge >= 0.3 is 0 Å². The Hall–Kier alpha value is -3.99. The van der Waals surface area contributed by atoms with Crippen LogP contribution in [0.25, 0.3) is 16.9 Å². The Bertz CT molecular complexity index is 1950. The fourth-order valence-electron chi connectivity index (χ4n) is 4.10. The lowest BCUT2D eigenvalue weighted by Gasteiger charge is -2.13. The summed E-state index contributed by atoms with van der Waals surface area (Å²) in [6, 6.07) is 19.7. The van der Waals surface area contributed by atoms with Crippen molar-refractivity contribution in [2.45, 2.75) is 21.6 Å². The Labute approximate surface area is 230 Å². The van der Waals surface area contributed by atoms with Gasteiger partial charge in [-0.15, -0.1) is 0 Å². The zero-order valence-electron chi connectivity index (χ0n) is 20.8. The lowest BCUT2D eigenvalue weighted by Crippen LogP contribution is -2.17. The first-order chi connectivity index (χ1) is 18.4. The van der Waals surface area contributed by atoms with Crippen LogP contribution >= 0.6 is 11.6 Å². The molecule has 0 saturated heterocycles. The molecule has 0 fully saturated rings. The number of hydrogen-bond acceptors (Lipinski definition) is 6. The van der Waals surface area contributed by atoms with Crippen LogP contribution in [0.15, 0.2) is 106 Å². The molecule has 5 aromatic rings. The van der Waals surface area contributed by atoms with Crippen molar-refractivity contribution in [2.24, 2.45) is 0 Å². The molecule has 1 amide bonds. The normalized spacial score (nSPS) is 12.0. The third-order valence-corrected chi connectivity index (χ3v) is 9.33. The van der Waals surface area contributed by atoms with E-state index in [4.69, 9.17) is 11.6 Å². The molecule has 0 bridgehead atoms. The van der Waals surface area contributed by atoms with Crippen molar-refractivity contribution >= 4 is 48.5 Å². The van der Waals surface area contributed by atoms with Crippen molar-refractivity contribution in [3.63, 3.8) is 0 Å². The third kappa shape index (κ3) is 5.31. The van der Waals surface area contributed by atoms with E-state index in [1.807, 2.05) is 35.9 Å². The van der Waals surface area contributed by atoms with Gasteiger partial charge in [-0.25, -0.2) is 21.8 Å². The maximum atomic E-state index is 13.5. The van der Waals surface area contributed by atoms with E-state index in [0.29, 0.717) is 10.7 Å². The molecule has 8 nitrogen and oxygen atoms in total. The molecule has 0 aliphatic heterocycles. The van der Waals surface area contributed by atoms with Gasteiger partial charge in [0.05, 0.1) is 25.9 Å². The molecule has 198 valence electrons. The Kier molecular flexibility index (Phi) is 6.79. The molecule has 1 N–H and O–H groups in total. The molecule has 11 heteroatoms. The number of fused-ring (bicyclic) bond motifs is 1. The number of rotatable bonds is 6. The Morgan fingerprint density at radius 2 is 1.56 bits per heavy atom. The molecule has 2 heterocycles. The van der Waals surface area contributed by atoms with Crippen molar-refractivity contribution in [1.82, 2.24) is 9.38 Å². The molecular formula is C28H22ClN3O5S2. The second-order valence-electron chi connectivity index (χ2n) is 8.97. The monoisotopic (exact) mass is 579 g/mol. The lowest BCUT2D eigenvalue weighted by molar-refractivity contribution is 0.102. The van der Waals surface area contributed by atoms with Gasteiger partial charge in [0, 0.05) is 34.9 Å². The smallest absolute Gasteiger partial charge is 0.257 e. The number of hydrogen-bond donors (Lipinski definition) is 1. The molecule has 0 radical (unpaired) electrons. The van der Waals surface area contributed by atoms with Gasteiger partial charge in [-0.05, 0) is 73.2 Å². The molecule has 0 atom stereocenters. The molecule has 3 aromatic carbocycles. The van der Waals surface area contributed by atoms with Crippen molar-refractivity contribution in [3.8, 4) is 11.3 Å². The number of nitrogens with one attached hydrogen (secondary N) is 1. The van der Waals surface area contributed by atoms with Crippen molar-refractivity contribution < 1.29 is 21.6 Å². The minimum absolute atomic E-state index is 0.126. The molecule has 2 aromatic heterocycles. The summed E-state index contributed by atoms with van der Waals surface area (Å²) >= 11 is 5.90.